The van der Waals surface area contributed by atoms with Crippen LogP contribution in [0.5, 0.6) is 0 Å². The Kier molecular flexibility index (Phi) is 2.19. The first-order valence-corrected chi connectivity index (χ1v) is 4.35. The molecule has 2 rings (SSSR count). The van der Waals surface area contributed by atoms with E-state index in [1.54, 1.807) is 0 Å². The molecule has 2 aliphatic heterocycles. The molecule has 0 aromatic rings. The summed E-state index contributed by atoms with van der Waals surface area (Å²) >= 11 is 0. The van der Waals surface area contributed by atoms with Gasteiger partial charge in [0.05, 0.1) is 20.1 Å². The minimum Gasteiger partial charge on any atom is -0.376 e. The van der Waals surface area contributed by atoms with E-state index in [2.05, 4.69) is 0 Å². The van der Waals surface area contributed by atoms with Gasteiger partial charge in [-0.3, -0.25) is 0 Å². The van der Waals surface area contributed by atoms with Crippen LogP contribution in [0.3, 0.4) is 0 Å². The molecule has 0 aliphatic carbocycles. The summed E-state index contributed by atoms with van der Waals surface area (Å²) in [7, 11) is 5.71. The van der Waals surface area contributed by atoms with Crippen molar-refractivity contribution in [3.63, 3.8) is 0 Å². The van der Waals surface area contributed by atoms with Crippen LogP contribution in [0.2, 0.25) is 5.82 Å². The molecule has 2 nitrogen and oxygen atoms in total. The van der Waals surface area contributed by atoms with Gasteiger partial charge < -0.3 is 9.47 Å². The molecule has 0 aromatic heterocycles. The quantitative estimate of drug-likeness (QED) is 0.520. The molecule has 0 saturated carbocycles. The Balaban J connectivity index is 1.85. The Morgan fingerprint density at radius 2 is 2.09 bits per heavy atom. The molecule has 2 aliphatic rings. The van der Waals surface area contributed by atoms with Gasteiger partial charge in [0.25, 0.3) is 0 Å². The van der Waals surface area contributed by atoms with Crippen molar-refractivity contribution in [2.75, 3.05) is 13.2 Å². The average molecular weight is 152 g/mol. The third kappa shape index (κ3) is 1.59. The van der Waals surface area contributed by atoms with E-state index in [1.165, 1.54) is 6.42 Å². The molecule has 60 valence electrons. The van der Waals surface area contributed by atoms with Crippen molar-refractivity contribution in [2.24, 2.45) is 0 Å². The first-order chi connectivity index (χ1) is 5.36. The van der Waals surface area contributed by atoms with Gasteiger partial charge in [-0.25, -0.2) is 0 Å². The van der Waals surface area contributed by atoms with Gasteiger partial charge in [-0.1, -0.05) is 5.82 Å². The second-order valence-electron chi connectivity index (χ2n) is 3.42. The van der Waals surface area contributed by atoms with Gasteiger partial charge in [-0.2, -0.15) is 0 Å². The highest BCUT2D eigenvalue weighted by Crippen LogP contribution is 2.29. The van der Waals surface area contributed by atoms with Gasteiger partial charge >= 0.3 is 0 Å². The molecule has 3 unspecified atom stereocenters. The van der Waals surface area contributed by atoms with E-state index in [-0.39, 0.29) is 11.9 Å². The molecule has 3 heteroatoms. The average Bonchev–Trinajstić information content (AvgIpc) is 2.55. The van der Waals surface area contributed by atoms with Crippen molar-refractivity contribution in [3.8, 4) is 0 Å². The summed E-state index contributed by atoms with van der Waals surface area (Å²) in [5.41, 5.74) is 0. The monoisotopic (exact) mass is 152 g/mol. The van der Waals surface area contributed by atoms with Crippen molar-refractivity contribution in [2.45, 2.75) is 37.3 Å². The fourth-order valence-electron chi connectivity index (χ4n) is 1.84. The summed E-state index contributed by atoms with van der Waals surface area (Å²) in [5.74, 6) is 0.240. The van der Waals surface area contributed by atoms with Crippen LogP contribution in [0.1, 0.15) is 19.3 Å². The minimum atomic E-state index is 0.240. The third-order valence-electron chi connectivity index (χ3n) is 2.44. The lowest BCUT2D eigenvalue weighted by Crippen LogP contribution is -2.24. The van der Waals surface area contributed by atoms with Crippen LogP contribution in [0, 0.1) is 0 Å². The molecule has 3 atom stereocenters. The fraction of sp³-hybridized carbons (Fsp3) is 1.00. The Morgan fingerprint density at radius 1 is 1.18 bits per heavy atom. The SMILES string of the molecule is [B]C1COC(C2CCCO2)C1. The molecular weight excluding hydrogens is 139 g/mol. The zero-order valence-electron chi connectivity index (χ0n) is 6.66. The third-order valence-corrected chi connectivity index (χ3v) is 2.44. The predicted octanol–water partition coefficient (Wildman–Crippen LogP) is 0.911. The number of ether oxygens (including phenoxy) is 2. The molecule has 0 N–H and O–H groups in total. The first kappa shape index (κ1) is 7.62. The highest BCUT2D eigenvalue weighted by Gasteiger charge is 2.31. The number of hydrogen-bond acceptors (Lipinski definition) is 2. The molecular formula is C8H13BO2. The normalized spacial score (nSPS) is 44.9. The lowest BCUT2D eigenvalue weighted by atomic mass is 9.84. The molecule has 2 radical (unpaired) electrons. The summed E-state index contributed by atoms with van der Waals surface area (Å²) in [6.45, 7) is 1.62. The second-order valence-corrected chi connectivity index (χ2v) is 3.42. The van der Waals surface area contributed by atoms with Crippen molar-refractivity contribution < 1.29 is 9.47 Å². The maximum Gasteiger partial charge on any atom is 0.0837 e. The molecule has 0 spiro atoms. The molecule has 0 amide bonds. The standard InChI is InChI=1S/C8H13BO2/c9-6-4-8(11-5-6)7-2-1-3-10-7/h6-8H,1-5H2. The molecule has 2 fully saturated rings. The lowest BCUT2D eigenvalue weighted by Gasteiger charge is -2.16. The van der Waals surface area contributed by atoms with Crippen LogP contribution < -0.4 is 0 Å². The van der Waals surface area contributed by atoms with Gasteiger partial charge in [-0.15, -0.1) is 0 Å². The van der Waals surface area contributed by atoms with Crippen molar-refractivity contribution in [1.29, 1.82) is 0 Å². The van der Waals surface area contributed by atoms with E-state index in [1.807, 2.05) is 0 Å². The van der Waals surface area contributed by atoms with Gasteiger partial charge in [0.15, 0.2) is 0 Å². The van der Waals surface area contributed by atoms with Crippen molar-refractivity contribution in [1.82, 2.24) is 0 Å². The fourth-order valence-corrected chi connectivity index (χ4v) is 1.84. The van der Waals surface area contributed by atoms with Crippen LogP contribution in [-0.2, 0) is 9.47 Å². The largest absolute Gasteiger partial charge is 0.376 e. The van der Waals surface area contributed by atoms with Gasteiger partial charge in [0.1, 0.15) is 0 Å². The van der Waals surface area contributed by atoms with Crippen LogP contribution >= 0.6 is 0 Å². The zero-order valence-corrected chi connectivity index (χ0v) is 6.66. The Labute approximate surface area is 68.7 Å². The van der Waals surface area contributed by atoms with Crippen LogP contribution in [0.15, 0.2) is 0 Å². The highest BCUT2D eigenvalue weighted by molar-refractivity contribution is 6.11. The van der Waals surface area contributed by atoms with Crippen LogP contribution in [-0.4, -0.2) is 33.3 Å². The van der Waals surface area contributed by atoms with E-state index in [9.17, 15) is 0 Å². The van der Waals surface area contributed by atoms with E-state index < -0.39 is 0 Å². The Morgan fingerprint density at radius 3 is 2.64 bits per heavy atom. The second kappa shape index (κ2) is 3.15. The van der Waals surface area contributed by atoms with E-state index in [0.717, 1.165) is 19.4 Å². The molecule has 0 bridgehead atoms. The van der Waals surface area contributed by atoms with Crippen LogP contribution in [0.25, 0.3) is 0 Å². The van der Waals surface area contributed by atoms with Gasteiger partial charge in [0, 0.05) is 13.2 Å². The number of hydrogen-bond donors (Lipinski definition) is 0. The molecule has 2 saturated heterocycles. The van der Waals surface area contributed by atoms with E-state index in [0.29, 0.717) is 12.7 Å². The molecule has 11 heavy (non-hydrogen) atoms. The summed E-state index contributed by atoms with van der Waals surface area (Å²) in [6, 6.07) is 0. The van der Waals surface area contributed by atoms with Gasteiger partial charge in [-0.05, 0) is 19.3 Å². The zero-order chi connectivity index (χ0) is 7.68. The topological polar surface area (TPSA) is 18.5 Å². The summed E-state index contributed by atoms with van der Waals surface area (Å²) in [4.78, 5) is 0. The summed E-state index contributed by atoms with van der Waals surface area (Å²) in [5, 5.41) is 0. The predicted molar refractivity (Wildman–Crippen MR) is 42.8 cm³/mol. The van der Waals surface area contributed by atoms with Crippen molar-refractivity contribution in [3.05, 3.63) is 0 Å². The maximum atomic E-state index is 5.71. The highest BCUT2D eigenvalue weighted by atomic mass is 16.5. The Bertz CT molecular complexity index is 134. The Hall–Kier alpha value is -0.0151. The summed E-state index contributed by atoms with van der Waals surface area (Å²) in [6.07, 6.45) is 3.93. The maximum absolute atomic E-state index is 5.71. The lowest BCUT2D eigenvalue weighted by molar-refractivity contribution is -0.0173. The molecule has 2 heterocycles. The van der Waals surface area contributed by atoms with E-state index in [4.69, 9.17) is 17.3 Å². The van der Waals surface area contributed by atoms with Crippen molar-refractivity contribution >= 4 is 7.85 Å². The first-order valence-electron chi connectivity index (χ1n) is 4.35. The minimum absolute atomic E-state index is 0.240. The smallest absolute Gasteiger partial charge is 0.0837 e. The molecule has 0 aromatic carbocycles. The van der Waals surface area contributed by atoms with E-state index >= 15 is 0 Å². The van der Waals surface area contributed by atoms with Crippen LogP contribution in [0.4, 0.5) is 0 Å². The van der Waals surface area contributed by atoms with Gasteiger partial charge in [0.2, 0.25) is 0 Å². The number of rotatable bonds is 1. The summed E-state index contributed by atoms with van der Waals surface area (Å²) < 4.78 is 11.0.